The van der Waals surface area contributed by atoms with Crippen molar-refractivity contribution in [2.24, 2.45) is 0 Å². The minimum Gasteiger partial charge on any atom is -0.410 e. The van der Waals surface area contributed by atoms with Crippen molar-refractivity contribution in [3.8, 4) is 5.75 Å². The minimum atomic E-state index is -0.216. The van der Waals surface area contributed by atoms with Gasteiger partial charge in [-0.05, 0) is 51.4 Å². The molecule has 0 radical (unpaired) electrons. The topological polar surface area (TPSA) is 41.6 Å². The van der Waals surface area contributed by atoms with Gasteiger partial charge in [0, 0.05) is 12.6 Å². The van der Waals surface area contributed by atoms with Gasteiger partial charge in [-0.3, -0.25) is 0 Å². The lowest BCUT2D eigenvalue weighted by Gasteiger charge is -2.34. The average Bonchev–Trinajstić information content (AvgIpc) is 2.46. The molecule has 0 spiro atoms. The zero-order valence-corrected chi connectivity index (χ0v) is 11.5. The molecule has 4 heteroatoms. The van der Waals surface area contributed by atoms with Crippen LogP contribution in [-0.4, -0.2) is 37.2 Å². The van der Waals surface area contributed by atoms with Gasteiger partial charge in [0.05, 0.1) is 0 Å². The van der Waals surface area contributed by atoms with Crippen LogP contribution in [0.3, 0.4) is 0 Å². The Balaban J connectivity index is 1.95. The molecule has 0 saturated carbocycles. The third kappa shape index (κ3) is 3.96. The minimum absolute atomic E-state index is 0.216. The van der Waals surface area contributed by atoms with E-state index in [-0.39, 0.29) is 6.09 Å². The Morgan fingerprint density at radius 3 is 2.89 bits per heavy atom. The molecule has 1 N–H and O–H groups in total. The fourth-order valence-corrected chi connectivity index (χ4v) is 2.50. The van der Waals surface area contributed by atoms with Gasteiger partial charge in [0.1, 0.15) is 5.75 Å². The van der Waals surface area contributed by atoms with Crippen LogP contribution in [0.1, 0.15) is 25.7 Å². The third-order valence-electron chi connectivity index (χ3n) is 3.54. The van der Waals surface area contributed by atoms with E-state index in [1.807, 2.05) is 42.3 Å². The average molecular weight is 262 g/mol. The van der Waals surface area contributed by atoms with Gasteiger partial charge in [-0.2, -0.15) is 0 Å². The Kier molecular flexibility index (Phi) is 5.21. The van der Waals surface area contributed by atoms with Crippen LogP contribution in [0, 0.1) is 0 Å². The Bertz CT molecular complexity index is 394. The molecule has 1 amide bonds. The van der Waals surface area contributed by atoms with E-state index in [0.29, 0.717) is 11.8 Å². The molecule has 1 aromatic carbocycles. The lowest BCUT2D eigenvalue weighted by atomic mass is 10.00. The molecular formula is C15H22N2O2. The predicted molar refractivity (Wildman–Crippen MR) is 75.4 cm³/mol. The number of para-hydroxylation sites is 1. The van der Waals surface area contributed by atoms with Gasteiger partial charge in [-0.25, -0.2) is 4.79 Å². The molecular weight excluding hydrogens is 240 g/mol. The fraction of sp³-hybridized carbons (Fsp3) is 0.533. The molecule has 0 aliphatic carbocycles. The molecule has 19 heavy (non-hydrogen) atoms. The molecule has 1 aliphatic heterocycles. The van der Waals surface area contributed by atoms with Gasteiger partial charge in [-0.1, -0.05) is 18.2 Å². The number of hydrogen-bond acceptors (Lipinski definition) is 3. The third-order valence-corrected chi connectivity index (χ3v) is 3.54. The number of piperidine rings is 1. The van der Waals surface area contributed by atoms with Crippen LogP contribution in [0.2, 0.25) is 0 Å². The Morgan fingerprint density at radius 1 is 1.37 bits per heavy atom. The van der Waals surface area contributed by atoms with Crippen molar-refractivity contribution < 1.29 is 9.53 Å². The summed E-state index contributed by atoms with van der Waals surface area (Å²) >= 11 is 0. The van der Waals surface area contributed by atoms with Crippen LogP contribution in [0.5, 0.6) is 5.75 Å². The van der Waals surface area contributed by atoms with E-state index in [1.165, 1.54) is 6.42 Å². The summed E-state index contributed by atoms with van der Waals surface area (Å²) in [4.78, 5) is 14.1. The van der Waals surface area contributed by atoms with Crippen molar-refractivity contribution in [2.75, 3.05) is 20.1 Å². The van der Waals surface area contributed by atoms with E-state index in [2.05, 4.69) is 5.32 Å². The van der Waals surface area contributed by atoms with Crippen LogP contribution >= 0.6 is 0 Å². The smallest absolute Gasteiger partial charge is 0.410 e. The predicted octanol–water partition coefficient (Wildman–Crippen LogP) is 2.65. The van der Waals surface area contributed by atoms with Gasteiger partial charge in [-0.15, -0.1) is 0 Å². The number of rotatable bonds is 4. The summed E-state index contributed by atoms with van der Waals surface area (Å²) in [5.74, 6) is 0.616. The molecule has 104 valence electrons. The van der Waals surface area contributed by atoms with Crippen LogP contribution < -0.4 is 10.1 Å². The number of ether oxygens (including phenoxy) is 1. The summed E-state index contributed by atoms with van der Waals surface area (Å²) in [6.07, 6.45) is 4.11. The van der Waals surface area contributed by atoms with Crippen molar-refractivity contribution in [1.29, 1.82) is 0 Å². The SMILES string of the molecule is CNCCC1CCCCN1C(=O)Oc1ccccc1. The zero-order valence-electron chi connectivity index (χ0n) is 11.5. The molecule has 0 aromatic heterocycles. The molecule has 1 aromatic rings. The molecule has 0 bridgehead atoms. The summed E-state index contributed by atoms with van der Waals surface area (Å²) in [5, 5.41) is 3.15. The second kappa shape index (κ2) is 7.14. The number of hydrogen-bond donors (Lipinski definition) is 1. The first-order valence-electron chi connectivity index (χ1n) is 6.99. The summed E-state index contributed by atoms with van der Waals surface area (Å²) in [7, 11) is 1.94. The highest BCUT2D eigenvalue weighted by Crippen LogP contribution is 2.21. The maximum atomic E-state index is 12.2. The number of carbonyl (C=O) groups excluding carboxylic acids is 1. The largest absolute Gasteiger partial charge is 0.415 e. The quantitative estimate of drug-likeness (QED) is 0.907. The van der Waals surface area contributed by atoms with Crippen molar-refractivity contribution in [2.45, 2.75) is 31.7 Å². The summed E-state index contributed by atoms with van der Waals surface area (Å²) in [6, 6.07) is 9.58. The maximum absolute atomic E-state index is 12.2. The van der Waals surface area contributed by atoms with Crippen LogP contribution in [0.15, 0.2) is 30.3 Å². The van der Waals surface area contributed by atoms with Gasteiger partial charge in [0.2, 0.25) is 0 Å². The molecule has 1 heterocycles. The lowest BCUT2D eigenvalue weighted by Crippen LogP contribution is -2.46. The Labute approximate surface area is 114 Å². The first-order valence-corrected chi connectivity index (χ1v) is 6.99. The van der Waals surface area contributed by atoms with E-state index in [1.54, 1.807) is 0 Å². The highest BCUT2D eigenvalue weighted by atomic mass is 16.6. The van der Waals surface area contributed by atoms with Crippen LogP contribution in [-0.2, 0) is 0 Å². The normalized spacial score (nSPS) is 19.2. The Morgan fingerprint density at radius 2 is 2.16 bits per heavy atom. The van der Waals surface area contributed by atoms with Gasteiger partial charge in [0.15, 0.2) is 0 Å². The summed E-state index contributed by atoms with van der Waals surface area (Å²) in [6.45, 7) is 1.74. The molecule has 1 unspecified atom stereocenters. The van der Waals surface area contributed by atoms with Gasteiger partial charge >= 0.3 is 6.09 Å². The highest BCUT2D eigenvalue weighted by molar-refractivity contribution is 5.71. The van der Waals surface area contributed by atoms with E-state index in [9.17, 15) is 4.79 Å². The van der Waals surface area contributed by atoms with Crippen molar-refractivity contribution in [1.82, 2.24) is 10.2 Å². The molecule has 2 rings (SSSR count). The van der Waals surface area contributed by atoms with Gasteiger partial charge in [0.25, 0.3) is 0 Å². The highest BCUT2D eigenvalue weighted by Gasteiger charge is 2.27. The van der Waals surface area contributed by atoms with Crippen LogP contribution in [0.4, 0.5) is 4.79 Å². The lowest BCUT2D eigenvalue weighted by molar-refractivity contribution is 0.110. The zero-order chi connectivity index (χ0) is 13.5. The fourth-order valence-electron chi connectivity index (χ4n) is 2.50. The number of benzene rings is 1. The molecule has 1 saturated heterocycles. The van der Waals surface area contributed by atoms with Crippen LogP contribution in [0.25, 0.3) is 0 Å². The van der Waals surface area contributed by atoms with Crippen molar-refractivity contribution in [3.63, 3.8) is 0 Å². The maximum Gasteiger partial charge on any atom is 0.415 e. The van der Waals surface area contributed by atoms with E-state index in [0.717, 1.165) is 32.4 Å². The van der Waals surface area contributed by atoms with Gasteiger partial charge < -0.3 is 15.0 Å². The van der Waals surface area contributed by atoms with E-state index in [4.69, 9.17) is 4.74 Å². The summed E-state index contributed by atoms with van der Waals surface area (Å²) in [5.41, 5.74) is 0. The molecule has 4 nitrogen and oxygen atoms in total. The molecule has 1 atom stereocenters. The summed E-state index contributed by atoms with van der Waals surface area (Å²) < 4.78 is 5.43. The second-order valence-electron chi connectivity index (χ2n) is 4.92. The number of likely N-dealkylation sites (tertiary alicyclic amines) is 1. The van der Waals surface area contributed by atoms with E-state index >= 15 is 0 Å². The van der Waals surface area contributed by atoms with E-state index < -0.39 is 0 Å². The Hall–Kier alpha value is -1.55. The first kappa shape index (κ1) is 13.9. The number of nitrogens with zero attached hydrogens (tertiary/aromatic N) is 1. The first-order chi connectivity index (χ1) is 9.31. The number of amides is 1. The monoisotopic (exact) mass is 262 g/mol. The van der Waals surface area contributed by atoms with Crippen molar-refractivity contribution >= 4 is 6.09 Å². The standard InChI is InChI=1S/C15H22N2O2/c1-16-11-10-13-7-5-6-12-17(13)15(18)19-14-8-3-2-4-9-14/h2-4,8-9,13,16H,5-7,10-12H2,1H3. The molecule has 1 fully saturated rings. The second-order valence-corrected chi connectivity index (χ2v) is 4.92. The number of carbonyl (C=O) groups is 1. The number of nitrogens with one attached hydrogen (secondary N) is 1. The molecule has 1 aliphatic rings. The van der Waals surface area contributed by atoms with Crippen molar-refractivity contribution in [3.05, 3.63) is 30.3 Å².